The predicted molar refractivity (Wildman–Crippen MR) is 209 cm³/mol. The Balaban J connectivity index is 1.82. The first kappa shape index (κ1) is 36.1. The van der Waals surface area contributed by atoms with Crippen LogP contribution in [0.5, 0.6) is 0 Å². The molecule has 4 nitrogen and oxygen atoms in total. The molecule has 0 aromatic carbocycles. The molecule has 0 fully saturated rings. The topological polar surface area (TPSA) is 56.3 Å². The number of rotatable bonds is 18. The number of nitrogens with one attached hydrogen (secondary N) is 2. The number of fused-ring (bicyclic) bond motifs is 6. The van der Waals surface area contributed by atoms with E-state index in [1.807, 2.05) is 0 Å². The summed E-state index contributed by atoms with van der Waals surface area (Å²) in [5.41, 5.74) is 12.4. The van der Waals surface area contributed by atoms with Crippen molar-refractivity contribution in [2.45, 2.75) is 163 Å². The third-order valence-corrected chi connectivity index (χ3v) is 11.3. The van der Waals surface area contributed by atoms with Crippen LogP contribution in [0.2, 0.25) is 0 Å². The fourth-order valence-electron chi connectivity index (χ4n) is 8.29. The Bertz CT molecular complexity index is 1430. The molecule has 5 heterocycles. The number of H-pyrrole nitrogens is 2. The van der Waals surface area contributed by atoms with Crippen LogP contribution in [0.4, 0.5) is 0 Å². The van der Waals surface area contributed by atoms with Crippen LogP contribution in [0, 0.1) is 5.41 Å². The summed E-state index contributed by atoms with van der Waals surface area (Å²) in [6, 6.07) is 9.56. The van der Waals surface area contributed by atoms with Crippen molar-refractivity contribution in [3.63, 3.8) is 0 Å². The highest BCUT2D eigenvalue weighted by atomic mass is 14.9. The molecule has 3 aliphatic rings. The highest BCUT2D eigenvalue weighted by Crippen LogP contribution is 2.45. The lowest BCUT2D eigenvalue weighted by Gasteiger charge is -2.34. The molecule has 0 amide bonds. The van der Waals surface area contributed by atoms with Gasteiger partial charge in [-0.15, -0.1) is 0 Å². The Labute approximate surface area is 292 Å². The lowest BCUT2D eigenvalue weighted by atomic mass is 9.70. The Morgan fingerprint density at radius 2 is 0.833 bits per heavy atom. The Kier molecular flexibility index (Phi) is 12.8. The molecule has 3 aliphatic heterocycles. The van der Waals surface area contributed by atoms with Crippen LogP contribution in [0.1, 0.15) is 180 Å². The van der Waals surface area contributed by atoms with Crippen LogP contribution in [-0.2, 0) is 5.41 Å². The fourth-order valence-corrected chi connectivity index (χ4v) is 8.29. The molecule has 0 radical (unpaired) electrons. The molecule has 4 heteroatoms. The highest BCUT2D eigenvalue weighted by molar-refractivity contribution is 6.22. The average molecular weight is 649 g/mol. The summed E-state index contributed by atoms with van der Waals surface area (Å²) in [6.45, 7) is 13.9. The van der Waals surface area contributed by atoms with Gasteiger partial charge in [0.25, 0.3) is 0 Å². The lowest BCUT2D eigenvalue weighted by molar-refractivity contribution is 0.389. The summed E-state index contributed by atoms with van der Waals surface area (Å²) in [7, 11) is 0. The molecular formula is C44H64N4. The fraction of sp³-hybridized carbons (Fsp3) is 0.591. The summed E-state index contributed by atoms with van der Waals surface area (Å²) in [5.74, 6) is 0. The van der Waals surface area contributed by atoms with Gasteiger partial charge in [0, 0.05) is 33.9 Å². The lowest BCUT2D eigenvalue weighted by Crippen LogP contribution is -2.37. The Morgan fingerprint density at radius 1 is 0.458 bits per heavy atom. The molecule has 0 aliphatic carbocycles. The van der Waals surface area contributed by atoms with Crippen LogP contribution in [-0.4, -0.2) is 21.4 Å². The first-order valence-corrected chi connectivity index (χ1v) is 19.9. The summed E-state index contributed by atoms with van der Waals surface area (Å²) in [5, 5.41) is 0. The van der Waals surface area contributed by atoms with Crippen molar-refractivity contribution < 1.29 is 0 Å². The Morgan fingerprint density at radius 3 is 1.21 bits per heavy atom. The maximum atomic E-state index is 5.61. The third kappa shape index (κ3) is 7.38. The number of aromatic amines is 2. The van der Waals surface area contributed by atoms with E-state index >= 15 is 0 Å². The molecule has 0 unspecified atom stereocenters. The number of hydrogen-bond donors (Lipinski definition) is 2. The molecule has 8 bridgehead atoms. The second-order valence-electron chi connectivity index (χ2n) is 14.7. The normalized spacial score (nSPS) is 20.9. The minimum atomic E-state index is -0.178. The molecule has 0 saturated heterocycles. The smallest absolute Gasteiger partial charge is 0.0686 e. The SMILES string of the molecule is CCCC/C1=C2\C=CC(=N2)C(CCCC)(CCCC)C2=N/C(=C(/CCCC)c3ccc([nH]3)C(CCCC)(CCCC)c3ccc1[nH]3)C=C2. The van der Waals surface area contributed by atoms with E-state index in [0.717, 1.165) is 62.8 Å². The first-order valence-electron chi connectivity index (χ1n) is 19.9. The number of hydrogen-bond acceptors (Lipinski definition) is 2. The largest absolute Gasteiger partial charge is 0.358 e. The first-order chi connectivity index (χ1) is 23.5. The van der Waals surface area contributed by atoms with Crippen molar-refractivity contribution in [2.24, 2.45) is 15.4 Å². The summed E-state index contributed by atoms with van der Waals surface area (Å²) < 4.78 is 0. The summed E-state index contributed by atoms with van der Waals surface area (Å²) in [4.78, 5) is 19.4. The van der Waals surface area contributed by atoms with Gasteiger partial charge >= 0.3 is 0 Å². The second kappa shape index (κ2) is 17.0. The molecule has 2 aromatic rings. The van der Waals surface area contributed by atoms with Gasteiger partial charge in [0.2, 0.25) is 0 Å². The molecule has 2 aromatic heterocycles. The van der Waals surface area contributed by atoms with Crippen molar-refractivity contribution in [3.8, 4) is 0 Å². The van der Waals surface area contributed by atoms with E-state index in [2.05, 4.69) is 100 Å². The Hall–Kier alpha value is -3.14. The highest BCUT2D eigenvalue weighted by Gasteiger charge is 2.41. The molecule has 0 spiro atoms. The van der Waals surface area contributed by atoms with Crippen molar-refractivity contribution in [2.75, 3.05) is 0 Å². The van der Waals surface area contributed by atoms with Gasteiger partial charge in [-0.3, -0.25) is 9.98 Å². The van der Waals surface area contributed by atoms with E-state index in [1.165, 1.54) is 110 Å². The van der Waals surface area contributed by atoms with E-state index in [-0.39, 0.29) is 10.8 Å². The van der Waals surface area contributed by atoms with Gasteiger partial charge in [0.05, 0.1) is 33.6 Å². The third-order valence-electron chi connectivity index (χ3n) is 11.3. The maximum Gasteiger partial charge on any atom is 0.0686 e. The molecule has 48 heavy (non-hydrogen) atoms. The van der Waals surface area contributed by atoms with Gasteiger partial charge in [0.1, 0.15) is 0 Å². The average Bonchev–Trinajstić information content (AvgIpc) is 3.94. The monoisotopic (exact) mass is 649 g/mol. The quantitative estimate of drug-likeness (QED) is 0.162. The number of unbranched alkanes of at least 4 members (excludes halogenated alkanes) is 6. The van der Waals surface area contributed by atoms with Gasteiger partial charge in [0.15, 0.2) is 0 Å². The van der Waals surface area contributed by atoms with E-state index in [4.69, 9.17) is 9.98 Å². The van der Waals surface area contributed by atoms with E-state index in [9.17, 15) is 0 Å². The van der Waals surface area contributed by atoms with Crippen LogP contribution >= 0.6 is 0 Å². The predicted octanol–water partition coefficient (Wildman–Crippen LogP) is 13.2. The van der Waals surface area contributed by atoms with Gasteiger partial charge in [-0.05, 0) is 99.9 Å². The summed E-state index contributed by atoms with van der Waals surface area (Å²) in [6.07, 6.45) is 30.0. The minimum Gasteiger partial charge on any atom is -0.358 e. The molecular weight excluding hydrogens is 585 g/mol. The minimum absolute atomic E-state index is 0.0873. The zero-order valence-corrected chi connectivity index (χ0v) is 31.2. The summed E-state index contributed by atoms with van der Waals surface area (Å²) >= 11 is 0. The van der Waals surface area contributed by atoms with Crippen molar-refractivity contribution >= 4 is 22.6 Å². The number of aliphatic imine (C=N–C) groups is 2. The number of allylic oxidation sites excluding steroid dienone is 6. The molecule has 260 valence electrons. The molecule has 2 N–H and O–H groups in total. The van der Waals surface area contributed by atoms with Crippen LogP contribution in [0.15, 0.2) is 69.9 Å². The van der Waals surface area contributed by atoms with Gasteiger partial charge in [-0.1, -0.05) is 106 Å². The van der Waals surface area contributed by atoms with Gasteiger partial charge in [-0.2, -0.15) is 0 Å². The number of aromatic nitrogens is 2. The zero-order valence-electron chi connectivity index (χ0n) is 31.2. The van der Waals surface area contributed by atoms with E-state index in [1.54, 1.807) is 0 Å². The molecule has 0 atom stereocenters. The second-order valence-corrected chi connectivity index (χ2v) is 14.7. The van der Waals surface area contributed by atoms with Gasteiger partial charge in [-0.25, -0.2) is 0 Å². The van der Waals surface area contributed by atoms with Crippen molar-refractivity contribution in [1.29, 1.82) is 0 Å². The number of nitrogens with zero attached hydrogens (tertiary/aromatic N) is 2. The van der Waals surface area contributed by atoms with Crippen molar-refractivity contribution in [1.82, 2.24) is 9.97 Å². The van der Waals surface area contributed by atoms with Crippen LogP contribution < -0.4 is 0 Å². The van der Waals surface area contributed by atoms with E-state index < -0.39 is 0 Å². The molecule has 0 saturated carbocycles. The molecule has 5 rings (SSSR count). The van der Waals surface area contributed by atoms with Crippen molar-refractivity contribution in [3.05, 3.63) is 82.7 Å². The standard InChI is InChI=1S/C44H64N4/c1-7-13-19-33-35-21-25-39(45-35)43(29-15-9-3,30-16-10-4)41-27-23-37(47-41)34(20-14-8-2)38-24-28-42(48-38)44(31-17-11-5,32-18-12-6)40-26-22-36(33)46-40/h21-28,45,47H,7-20,29-32H2,1-6H3/b36-33-,38-34-. The zero-order chi connectivity index (χ0) is 34.0. The maximum absolute atomic E-state index is 5.61. The van der Waals surface area contributed by atoms with E-state index in [0.29, 0.717) is 0 Å². The van der Waals surface area contributed by atoms with Crippen LogP contribution in [0.3, 0.4) is 0 Å². The van der Waals surface area contributed by atoms with Gasteiger partial charge < -0.3 is 9.97 Å². The van der Waals surface area contributed by atoms with Crippen LogP contribution in [0.25, 0.3) is 11.1 Å².